The quantitative estimate of drug-likeness (QED) is 0.219. The molecule has 0 bridgehead atoms. The summed E-state index contributed by atoms with van der Waals surface area (Å²) < 4.78 is 33.4. The molecule has 164 valence electrons. The predicted molar refractivity (Wildman–Crippen MR) is 115 cm³/mol. The number of aryl methyl sites for hydroxylation is 1. The summed E-state index contributed by atoms with van der Waals surface area (Å²) in [6.07, 6.45) is 3.36. The van der Waals surface area contributed by atoms with Gasteiger partial charge < -0.3 is 9.97 Å². The van der Waals surface area contributed by atoms with Crippen molar-refractivity contribution in [3.63, 3.8) is 0 Å². The summed E-state index contributed by atoms with van der Waals surface area (Å²) in [5, 5.41) is 0. The van der Waals surface area contributed by atoms with Crippen LogP contribution in [0, 0.1) is 0 Å². The fourth-order valence-electron chi connectivity index (χ4n) is 3.35. The molecule has 0 atom stereocenters. The van der Waals surface area contributed by atoms with Crippen LogP contribution in [0.15, 0.2) is 65.7 Å². The highest BCUT2D eigenvalue weighted by molar-refractivity contribution is 7.80. The van der Waals surface area contributed by atoms with Gasteiger partial charge in [0.15, 0.2) is 0 Å². The van der Waals surface area contributed by atoms with E-state index >= 15 is 0 Å². The minimum atomic E-state index is -4.90. The lowest BCUT2D eigenvalue weighted by atomic mass is 9.93. The van der Waals surface area contributed by atoms with Crippen LogP contribution in [0.25, 0.3) is 33.3 Å². The summed E-state index contributed by atoms with van der Waals surface area (Å²) in [4.78, 5) is 37.1. The smallest absolute Gasteiger partial charge is 0.306 e. The Morgan fingerprint density at radius 2 is 1.78 bits per heavy atom. The number of nitrogens with zero attached hydrogens (tertiary/aromatic N) is 1. The molecule has 0 saturated carbocycles. The highest BCUT2D eigenvalue weighted by Gasteiger charge is 2.15. The highest BCUT2D eigenvalue weighted by atomic mass is 32.3. The minimum Gasteiger partial charge on any atom is -0.306 e. The summed E-state index contributed by atoms with van der Waals surface area (Å²) in [5.74, 6) is -0.967. The van der Waals surface area contributed by atoms with Crippen LogP contribution in [0.1, 0.15) is 12.0 Å². The molecule has 4 rings (SSSR count). The van der Waals surface area contributed by atoms with Gasteiger partial charge in [0.05, 0.1) is 17.5 Å². The third-order valence-corrected chi connectivity index (χ3v) is 4.98. The predicted octanol–water partition coefficient (Wildman–Crippen LogP) is 2.80. The van der Waals surface area contributed by atoms with E-state index in [0.717, 1.165) is 27.8 Å². The Hall–Kier alpha value is -3.80. The molecule has 2 aromatic carbocycles. The Labute approximate surface area is 181 Å². The number of hydrogen-bond donors (Lipinski definition) is 3. The monoisotopic (exact) mass is 455 g/mol. The van der Waals surface area contributed by atoms with Gasteiger partial charge in [0.25, 0.3) is 0 Å². The number of carbonyl (C=O) groups is 1. The maximum Gasteiger partial charge on any atom is 0.432 e. The second-order valence-electron chi connectivity index (χ2n) is 6.90. The average Bonchev–Trinajstić information content (AvgIpc) is 3.15. The van der Waals surface area contributed by atoms with Crippen LogP contribution >= 0.6 is 0 Å². The van der Waals surface area contributed by atoms with E-state index in [1.807, 2.05) is 42.5 Å². The van der Waals surface area contributed by atoms with Crippen LogP contribution < -0.4 is 5.69 Å². The van der Waals surface area contributed by atoms with Crippen molar-refractivity contribution in [2.75, 3.05) is 0 Å². The second-order valence-corrected chi connectivity index (χ2v) is 7.90. The van der Waals surface area contributed by atoms with E-state index in [9.17, 15) is 18.0 Å². The second kappa shape index (κ2) is 8.75. The molecule has 0 radical (unpaired) electrons. The van der Waals surface area contributed by atoms with Gasteiger partial charge in [-0.25, -0.2) is 9.59 Å². The number of pyridine rings is 1. The van der Waals surface area contributed by atoms with Crippen LogP contribution in [0.3, 0.4) is 0 Å². The molecule has 0 spiro atoms. The number of aromatic amines is 2. The summed E-state index contributed by atoms with van der Waals surface area (Å²) >= 11 is 0. The molecular formula is C21H17N3O7S. The van der Waals surface area contributed by atoms with Gasteiger partial charge in [-0.05, 0) is 56.8 Å². The van der Waals surface area contributed by atoms with Crippen LogP contribution in [0.2, 0.25) is 0 Å². The van der Waals surface area contributed by atoms with Gasteiger partial charge in [0, 0.05) is 12.4 Å². The van der Waals surface area contributed by atoms with Crippen molar-refractivity contribution in [1.82, 2.24) is 15.0 Å². The van der Waals surface area contributed by atoms with Crippen LogP contribution in [0.5, 0.6) is 0 Å². The number of rotatable bonds is 7. The Balaban J connectivity index is 1.68. The Morgan fingerprint density at radius 3 is 2.53 bits per heavy atom. The van der Waals surface area contributed by atoms with E-state index in [1.54, 1.807) is 18.5 Å². The summed E-state index contributed by atoms with van der Waals surface area (Å²) in [7, 11) is -4.90. The Kier molecular flexibility index (Phi) is 5.86. The van der Waals surface area contributed by atoms with E-state index in [0.29, 0.717) is 11.0 Å². The van der Waals surface area contributed by atoms with Crippen LogP contribution in [-0.2, 0) is 30.8 Å². The van der Waals surface area contributed by atoms with Gasteiger partial charge in [0.1, 0.15) is 0 Å². The number of hydrogen-bond acceptors (Lipinski definition) is 7. The molecule has 10 nitrogen and oxygen atoms in total. The van der Waals surface area contributed by atoms with E-state index in [-0.39, 0.29) is 18.5 Å². The molecule has 4 aromatic rings. The zero-order chi connectivity index (χ0) is 22.7. The van der Waals surface area contributed by atoms with Crippen molar-refractivity contribution < 1.29 is 27.0 Å². The van der Waals surface area contributed by atoms with E-state index < -0.39 is 16.4 Å². The van der Waals surface area contributed by atoms with Gasteiger partial charge in [-0.3, -0.25) is 14.4 Å². The molecule has 0 unspecified atom stereocenters. The number of aromatic nitrogens is 3. The Bertz CT molecular complexity index is 1440. The molecule has 0 saturated heterocycles. The Morgan fingerprint density at radius 1 is 1.00 bits per heavy atom. The van der Waals surface area contributed by atoms with Crippen molar-refractivity contribution in [3.8, 4) is 22.3 Å². The van der Waals surface area contributed by atoms with Crippen molar-refractivity contribution in [3.05, 3.63) is 77.0 Å². The first kappa shape index (κ1) is 21.4. The first-order valence-corrected chi connectivity index (χ1v) is 10.8. The molecule has 0 aliphatic heterocycles. The van der Waals surface area contributed by atoms with E-state index in [4.69, 9.17) is 4.55 Å². The normalized spacial score (nSPS) is 11.5. The molecule has 0 aliphatic rings. The molecule has 2 aromatic heterocycles. The van der Waals surface area contributed by atoms with Crippen molar-refractivity contribution in [1.29, 1.82) is 0 Å². The van der Waals surface area contributed by atoms with Gasteiger partial charge in [0.2, 0.25) is 0 Å². The van der Waals surface area contributed by atoms with Gasteiger partial charge in [-0.15, -0.1) is 0 Å². The standard InChI is InChI=1S/C21H17N3O7S/c25-20(30-31-32(27,28)29)8-5-14-10-13(16-2-1-9-22-12-16)3-6-17(14)15-4-7-18-19(11-15)24-21(26)23-18/h1-4,6-7,9-12H,5,8H2,(H2,23,24,26)(H,27,28,29). The zero-order valence-electron chi connectivity index (χ0n) is 16.4. The summed E-state index contributed by atoms with van der Waals surface area (Å²) in [6, 6.07) is 14.8. The minimum absolute atomic E-state index is 0.193. The lowest BCUT2D eigenvalue weighted by molar-refractivity contribution is -0.214. The molecule has 32 heavy (non-hydrogen) atoms. The van der Waals surface area contributed by atoms with Crippen molar-refractivity contribution in [2.24, 2.45) is 0 Å². The maximum atomic E-state index is 11.9. The van der Waals surface area contributed by atoms with Gasteiger partial charge >= 0.3 is 22.1 Å². The summed E-state index contributed by atoms with van der Waals surface area (Å²) in [6.45, 7) is 0. The fourth-order valence-corrected chi connectivity index (χ4v) is 3.52. The first-order chi connectivity index (χ1) is 15.3. The topological polar surface area (TPSA) is 151 Å². The molecule has 0 aliphatic carbocycles. The number of imidazole rings is 1. The van der Waals surface area contributed by atoms with Crippen LogP contribution in [0.4, 0.5) is 0 Å². The van der Waals surface area contributed by atoms with E-state index in [2.05, 4.69) is 24.2 Å². The van der Waals surface area contributed by atoms with Gasteiger partial charge in [-0.1, -0.05) is 30.3 Å². The number of benzene rings is 2. The highest BCUT2D eigenvalue weighted by Crippen LogP contribution is 2.31. The number of carbonyl (C=O) groups excluding carboxylic acids is 1. The summed E-state index contributed by atoms with van der Waals surface area (Å²) in [5.41, 5.74) is 5.12. The maximum absolute atomic E-state index is 11.9. The largest absolute Gasteiger partial charge is 0.432 e. The van der Waals surface area contributed by atoms with Crippen molar-refractivity contribution in [2.45, 2.75) is 12.8 Å². The SMILES string of the molecule is O=C(CCc1cc(-c2cccnc2)ccc1-c1ccc2[nH]c(=O)[nH]c2c1)OOS(=O)(=O)O. The molecule has 0 amide bonds. The van der Waals surface area contributed by atoms with Gasteiger partial charge in [-0.2, -0.15) is 8.42 Å². The average molecular weight is 455 g/mol. The van der Waals surface area contributed by atoms with E-state index in [1.165, 1.54) is 0 Å². The molecule has 2 heterocycles. The number of nitrogens with one attached hydrogen (secondary N) is 2. The molecule has 0 fully saturated rings. The third-order valence-electron chi connectivity index (χ3n) is 4.74. The van der Waals surface area contributed by atoms with Crippen LogP contribution in [-0.4, -0.2) is 33.9 Å². The number of fused-ring (bicyclic) bond motifs is 1. The number of H-pyrrole nitrogens is 2. The lowest BCUT2D eigenvalue weighted by Gasteiger charge is -2.12. The fraction of sp³-hybridized carbons (Fsp3) is 0.0952. The third kappa shape index (κ3) is 5.09. The lowest BCUT2D eigenvalue weighted by Crippen LogP contribution is -2.11. The molecule has 3 N–H and O–H groups in total. The molecular weight excluding hydrogens is 438 g/mol. The van der Waals surface area contributed by atoms with Crippen molar-refractivity contribution >= 4 is 27.4 Å². The molecule has 11 heteroatoms. The zero-order valence-corrected chi connectivity index (χ0v) is 17.3. The first-order valence-electron chi connectivity index (χ1n) is 9.41.